The summed E-state index contributed by atoms with van der Waals surface area (Å²) in [5.74, 6) is -0.420. The van der Waals surface area contributed by atoms with E-state index in [1.807, 2.05) is 11.8 Å². The fourth-order valence-electron chi connectivity index (χ4n) is 2.82. The Bertz CT molecular complexity index is 667. The number of carbonyl (C=O) groups is 1. The van der Waals surface area contributed by atoms with E-state index in [0.717, 1.165) is 56.5 Å². The molecule has 2 rings (SSSR count). The van der Waals surface area contributed by atoms with Gasteiger partial charge in [-0.25, -0.2) is 8.42 Å². The molecule has 1 fully saturated rings. The van der Waals surface area contributed by atoms with Crippen LogP contribution < -0.4 is 10.2 Å². The van der Waals surface area contributed by atoms with Gasteiger partial charge in [-0.05, 0) is 32.1 Å². The Morgan fingerprint density at radius 2 is 1.88 bits per heavy atom. The van der Waals surface area contributed by atoms with Gasteiger partial charge in [0, 0.05) is 19.1 Å². The average Bonchev–Trinajstić information content (AvgIpc) is 3.17. The van der Waals surface area contributed by atoms with Gasteiger partial charge in [0.15, 0.2) is 0 Å². The summed E-state index contributed by atoms with van der Waals surface area (Å²) < 4.78 is 24.7. The summed E-state index contributed by atoms with van der Waals surface area (Å²) in [7, 11) is -3.74. The maximum Gasteiger partial charge on any atom is 0.235 e. The largest absolute Gasteiger partial charge is 0.353 e. The lowest BCUT2D eigenvalue weighted by Crippen LogP contribution is -2.36. The van der Waals surface area contributed by atoms with E-state index < -0.39 is 21.5 Å². The van der Waals surface area contributed by atoms with Crippen LogP contribution in [0.4, 0.5) is 5.13 Å². The molecule has 0 unspecified atom stereocenters. The zero-order valence-electron chi connectivity index (χ0n) is 15.2. The molecule has 0 bridgehead atoms. The number of anilines is 1. The third kappa shape index (κ3) is 6.22. The molecule has 2 heterocycles. The lowest BCUT2D eigenvalue weighted by Gasteiger charge is -2.14. The summed E-state index contributed by atoms with van der Waals surface area (Å²) in [6.45, 7) is 7.98. The van der Waals surface area contributed by atoms with Crippen molar-refractivity contribution in [2.75, 3.05) is 23.7 Å². The number of nitrogens with zero attached hydrogens (tertiary/aromatic N) is 3. The summed E-state index contributed by atoms with van der Waals surface area (Å²) in [5.41, 5.74) is 0. The first-order chi connectivity index (χ1) is 11.8. The Hall–Kier alpha value is -1.22. The minimum absolute atomic E-state index is 0.0315. The maximum absolute atomic E-state index is 12.4. The molecule has 1 amide bonds. The van der Waals surface area contributed by atoms with Crippen molar-refractivity contribution >= 4 is 32.2 Å². The number of carbonyl (C=O) groups excluding carboxylic acids is 1. The van der Waals surface area contributed by atoms with Crippen molar-refractivity contribution in [2.45, 2.75) is 63.3 Å². The Labute approximate surface area is 154 Å². The van der Waals surface area contributed by atoms with Crippen LogP contribution in [0, 0.1) is 5.92 Å². The van der Waals surface area contributed by atoms with E-state index in [1.54, 1.807) is 0 Å². The van der Waals surface area contributed by atoms with E-state index in [9.17, 15) is 13.2 Å². The second kappa shape index (κ2) is 8.93. The van der Waals surface area contributed by atoms with Crippen LogP contribution in [0.1, 0.15) is 52.9 Å². The molecule has 0 saturated carbocycles. The molecular formula is C16H28N4O3S2. The zero-order chi connectivity index (χ0) is 18.4. The van der Waals surface area contributed by atoms with Gasteiger partial charge in [-0.15, -0.1) is 10.2 Å². The van der Waals surface area contributed by atoms with E-state index in [4.69, 9.17) is 0 Å². The average molecular weight is 389 g/mol. The van der Waals surface area contributed by atoms with Crippen LogP contribution >= 0.6 is 11.3 Å². The molecule has 0 radical (unpaired) electrons. The van der Waals surface area contributed by atoms with E-state index in [2.05, 4.69) is 29.4 Å². The third-order valence-corrected chi connectivity index (χ3v) is 7.23. The van der Waals surface area contributed by atoms with Crippen LogP contribution in [0.15, 0.2) is 4.34 Å². The third-order valence-electron chi connectivity index (χ3n) is 4.19. The van der Waals surface area contributed by atoms with Crippen LogP contribution in [0.2, 0.25) is 0 Å². The van der Waals surface area contributed by atoms with Crippen LogP contribution in [0.3, 0.4) is 0 Å². The van der Waals surface area contributed by atoms with Crippen LogP contribution in [0.25, 0.3) is 0 Å². The molecule has 1 aliphatic rings. The van der Waals surface area contributed by atoms with Gasteiger partial charge in [-0.2, -0.15) is 0 Å². The maximum atomic E-state index is 12.4. The highest BCUT2D eigenvalue weighted by atomic mass is 32.2. The Morgan fingerprint density at radius 3 is 2.52 bits per heavy atom. The van der Waals surface area contributed by atoms with Crippen molar-refractivity contribution in [1.82, 2.24) is 15.5 Å². The minimum Gasteiger partial charge on any atom is -0.353 e. The normalized spacial score (nSPS) is 16.4. The molecule has 0 aromatic carbocycles. The molecule has 1 N–H and O–H groups in total. The first-order valence-corrected chi connectivity index (χ1v) is 11.4. The lowest BCUT2D eigenvalue weighted by atomic mass is 10.0. The molecule has 0 aliphatic carbocycles. The number of aromatic nitrogens is 2. The Morgan fingerprint density at radius 1 is 1.20 bits per heavy atom. The molecule has 7 nitrogen and oxygen atoms in total. The lowest BCUT2D eigenvalue weighted by molar-refractivity contribution is -0.119. The van der Waals surface area contributed by atoms with Gasteiger partial charge in [-0.1, -0.05) is 38.0 Å². The van der Waals surface area contributed by atoms with Crippen LogP contribution in [-0.2, 0) is 14.6 Å². The fraction of sp³-hybridized carbons (Fsp3) is 0.812. The van der Waals surface area contributed by atoms with Gasteiger partial charge < -0.3 is 10.2 Å². The Balaban J connectivity index is 1.86. The highest BCUT2D eigenvalue weighted by Crippen LogP contribution is 2.27. The first-order valence-electron chi connectivity index (χ1n) is 8.88. The standard InChI is InChI=1S/C16H28N4O3S2/c1-12(2)7-6-8-13(3)17-14(21)11-25(22,23)16-19-18-15(24-16)20-9-4-5-10-20/h12-13H,4-11H2,1-3H3,(H,17,21)/t13-/m1/s1. The van der Waals surface area contributed by atoms with Gasteiger partial charge in [0.1, 0.15) is 5.75 Å². The highest BCUT2D eigenvalue weighted by Gasteiger charge is 2.26. The van der Waals surface area contributed by atoms with Gasteiger partial charge >= 0.3 is 0 Å². The predicted molar refractivity (Wildman–Crippen MR) is 99.7 cm³/mol. The topological polar surface area (TPSA) is 92.3 Å². The molecule has 1 saturated heterocycles. The molecular weight excluding hydrogens is 360 g/mol. The number of rotatable bonds is 9. The second-order valence-corrected chi connectivity index (χ2v) is 10.2. The molecule has 1 atom stereocenters. The molecule has 1 aromatic rings. The number of amides is 1. The summed E-state index contributed by atoms with van der Waals surface area (Å²) in [4.78, 5) is 14.1. The molecule has 9 heteroatoms. The van der Waals surface area contributed by atoms with E-state index >= 15 is 0 Å². The number of hydrogen-bond donors (Lipinski definition) is 1. The molecule has 1 aliphatic heterocycles. The summed E-state index contributed by atoms with van der Waals surface area (Å²) in [5, 5.41) is 11.2. The molecule has 1 aromatic heterocycles. The van der Waals surface area contributed by atoms with Crippen molar-refractivity contribution in [2.24, 2.45) is 5.92 Å². The van der Waals surface area contributed by atoms with Crippen LogP contribution in [-0.4, -0.2) is 49.4 Å². The molecule has 25 heavy (non-hydrogen) atoms. The quantitative estimate of drug-likeness (QED) is 0.697. The second-order valence-electron chi connectivity index (χ2n) is 7.10. The van der Waals surface area contributed by atoms with Gasteiger partial charge in [0.25, 0.3) is 0 Å². The van der Waals surface area contributed by atoms with Crippen molar-refractivity contribution in [1.29, 1.82) is 0 Å². The summed E-state index contributed by atoms with van der Waals surface area (Å²) in [6.07, 6.45) is 5.13. The number of sulfone groups is 1. The summed E-state index contributed by atoms with van der Waals surface area (Å²) >= 11 is 1.05. The number of nitrogens with one attached hydrogen (secondary N) is 1. The van der Waals surface area contributed by atoms with Gasteiger partial charge in [0.05, 0.1) is 0 Å². The molecule has 142 valence electrons. The van der Waals surface area contributed by atoms with Gasteiger partial charge in [-0.3, -0.25) is 4.79 Å². The van der Waals surface area contributed by atoms with Gasteiger partial charge in [0.2, 0.25) is 25.2 Å². The van der Waals surface area contributed by atoms with E-state index in [1.165, 1.54) is 0 Å². The fourth-order valence-corrected chi connectivity index (χ4v) is 5.08. The zero-order valence-corrected chi connectivity index (χ0v) is 16.8. The Kier molecular flexibility index (Phi) is 7.18. The predicted octanol–water partition coefficient (Wildman–Crippen LogP) is 2.24. The van der Waals surface area contributed by atoms with Crippen molar-refractivity contribution < 1.29 is 13.2 Å². The SMILES string of the molecule is CC(C)CCC[C@@H](C)NC(=O)CS(=O)(=O)c1nnc(N2CCCC2)s1. The molecule has 0 spiro atoms. The first kappa shape index (κ1) is 20.1. The van der Waals surface area contributed by atoms with Crippen LogP contribution in [0.5, 0.6) is 0 Å². The van der Waals surface area contributed by atoms with Crippen molar-refractivity contribution in [3.8, 4) is 0 Å². The smallest absolute Gasteiger partial charge is 0.235 e. The van der Waals surface area contributed by atoms with Crippen molar-refractivity contribution in [3.05, 3.63) is 0 Å². The highest BCUT2D eigenvalue weighted by molar-refractivity contribution is 7.94. The number of hydrogen-bond acceptors (Lipinski definition) is 7. The van der Waals surface area contributed by atoms with E-state index in [0.29, 0.717) is 11.0 Å². The van der Waals surface area contributed by atoms with E-state index in [-0.39, 0.29) is 10.4 Å². The monoisotopic (exact) mass is 388 g/mol. The van der Waals surface area contributed by atoms with Crippen molar-refractivity contribution in [3.63, 3.8) is 0 Å². The summed E-state index contributed by atoms with van der Waals surface area (Å²) in [6, 6.07) is -0.0315. The minimum atomic E-state index is -3.74.